The molecule has 4 nitrogen and oxygen atoms in total. The lowest BCUT2D eigenvalue weighted by molar-refractivity contribution is 0.469. The lowest BCUT2D eigenvalue weighted by Crippen LogP contribution is -2.00. The van der Waals surface area contributed by atoms with E-state index in [4.69, 9.17) is 0 Å². The monoisotopic (exact) mass is 231 g/mol. The number of hydrogen-bond donors (Lipinski definition) is 2. The number of hydrogen-bond acceptors (Lipinski definition) is 3. The minimum atomic E-state index is 0.321. The normalized spacial score (nSPS) is 10.5. The summed E-state index contributed by atoms with van der Waals surface area (Å²) in [5, 5.41) is 17.3. The molecule has 0 aliphatic heterocycles. The first-order valence-electron chi connectivity index (χ1n) is 5.74. The van der Waals surface area contributed by atoms with Gasteiger partial charge in [0.2, 0.25) is 0 Å². The first kappa shape index (κ1) is 11.5. The third-order valence-electron chi connectivity index (χ3n) is 2.70. The molecule has 0 atom stereocenters. The fourth-order valence-electron chi connectivity index (χ4n) is 1.79. The summed E-state index contributed by atoms with van der Waals surface area (Å²) in [5.74, 6) is 0.321. The van der Waals surface area contributed by atoms with E-state index >= 15 is 0 Å². The first-order valence-corrected chi connectivity index (χ1v) is 5.74. The van der Waals surface area contributed by atoms with E-state index in [0.29, 0.717) is 12.3 Å². The molecule has 0 aliphatic carbocycles. The Bertz CT molecular complexity index is 505. The van der Waals surface area contributed by atoms with E-state index in [2.05, 4.69) is 17.3 Å². The molecule has 2 N–H and O–H groups in total. The molecule has 0 saturated heterocycles. The topological polar surface area (TPSA) is 50.1 Å². The van der Waals surface area contributed by atoms with Crippen molar-refractivity contribution in [2.45, 2.75) is 19.9 Å². The Labute approximate surface area is 101 Å². The van der Waals surface area contributed by atoms with Gasteiger partial charge in [-0.1, -0.05) is 25.1 Å². The summed E-state index contributed by atoms with van der Waals surface area (Å²) in [7, 11) is 1.91. The second-order valence-electron chi connectivity index (χ2n) is 4.00. The maximum atomic E-state index is 9.66. The van der Waals surface area contributed by atoms with Gasteiger partial charge in [-0.25, -0.2) is 0 Å². The Morgan fingerprint density at radius 2 is 2.12 bits per heavy atom. The summed E-state index contributed by atoms with van der Waals surface area (Å²) in [6, 6.07) is 7.34. The van der Waals surface area contributed by atoms with Crippen molar-refractivity contribution >= 4 is 5.69 Å². The Morgan fingerprint density at radius 1 is 1.35 bits per heavy atom. The molecule has 1 aromatic heterocycles. The molecule has 90 valence electrons. The molecule has 17 heavy (non-hydrogen) atoms. The number of aryl methyl sites for hydroxylation is 2. The quantitative estimate of drug-likeness (QED) is 0.849. The largest absolute Gasteiger partial charge is 0.508 e. The number of aromatic nitrogens is 2. The molecule has 0 radical (unpaired) electrons. The Balaban J connectivity index is 2.09. The van der Waals surface area contributed by atoms with Crippen LogP contribution in [0.1, 0.15) is 18.2 Å². The van der Waals surface area contributed by atoms with Crippen molar-refractivity contribution in [3.05, 3.63) is 41.7 Å². The van der Waals surface area contributed by atoms with Gasteiger partial charge in [-0.05, 0) is 12.5 Å². The van der Waals surface area contributed by atoms with E-state index in [1.54, 1.807) is 10.7 Å². The zero-order valence-electron chi connectivity index (χ0n) is 10.1. The van der Waals surface area contributed by atoms with Crippen molar-refractivity contribution in [2.24, 2.45) is 7.05 Å². The van der Waals surface area contributed by atoms with Gasteiger partial charge in [0.1, 0.15) is 5.75 Å². The lowest BCUT2D eigenvalue weighted by atomic mass is 10.2. The van der Waals surface area contributed by atoms with E-state index in [0.717, 1.165) is 23.4 Å². The van der Waals surface area contributed by atoms with Crippen molar-refractivity contribution < 1.29 is 5.11 Å². The number of rotatable bonds is 4. The number of phenolic OH excluding ortho intramolecular Hbond substituents is 1. The third-order valence-corrected chi connectivity index (χ3v) is 2.70. The summed E-state index contributed by atoms with van der Waals surface area (Å²) in [5.41, 5.74) is 2.96. The molecule has 1 heterocycles. The second-order valence-corrected chi connectivity index (χ2v) is 4.00. The SMILES string of the molecule is CCc1nn(C)cc1NCc1ccccc1O. The minimum Gasteiger partial charge on any atom is -0.508 e. The van der Waals surface area contributed by atoms with Crippen LogP contribution in [-0.4, -0.2) is 14.9 Å². The summed E-state index contributed by atoms with van der Waals surface area (Å²) in [6.07, 6.45) is 2.85. The van der Waals surface area contributed by atoms with Crippen LogP contribution in [-0.2, 0) is 20.0 Å². The molecule has 0 unspecified atom stereocenters. The second kappa shape index (κ2) is 4.91. The van der Waals surface area contributed by atoms with Crippen molar-refractivity contribution in [3.8, 4) is 5.75 Å². The number of anilines is 1. The van der Waals surface area contributed by atoms with Gasteiger partial charge < -0.3 is 10.4 Å². The van der Waals surface area contributed by atoms with Gasteiger partial charge in [0.15, 0.2) is 0 Å². The van der Waals surface area contributed by atoms with Crippen LogP contribution in [0, 0.1) is 0 Å². The highest BCUT2D eigenvalue weighted by atomic mass is 16.3. The van der Waals surface area contributed by atoms with Crippen molar-refractivity contribution in [1.29, 1.82) is 0 Å². The van der Waals surface area contributed by atoms with E-state index in [9.17, 15) is 5.11 Å². The molecule has 4 heteroatoms. The molecule has 0 spiro atoms. The molecular formula is C13H17N3O. The van der Waals surface area contributed by atoms with Gasteiger partial charge >= 0.3 is 0 Å². The van der Waals surface area contributed by atoms with Crippen LogP contribution in [0.2, 0.25) is 0 Å². The first-order chi connectivity index (χ1) is 8.20. The fraction of sp³-hybridized carbons (Fsp3) is 0.308. The summed E-state index contributed by atoms with van der Waals surface area (Å²) in [4.78, 5) is 0. The van der Waals surface area contributed by atoms with Crippen molar-refractivity contribution in [1.82, 2.24) is 9.78 Å². The van der Waals surface area contributed by atoms with Crippen LogP contribution in [0.25, 0.3) is 0 Å². The highest BCUT2D eigenvalue weighted by molar-refractivity contribution is 5.47. The average Bonchev–Trinajstić information content (AvgIpc) is 2.69. The number of aromatic hydroxyl groups is 1. The average molecular weight is 231 g/mol. The molecule has 0 amide bonds. The zero-order valence-corrected chi connectivity index (χ0v) is 10.1. The molecule has 0 fully saturated rings. The van der Waals surface area contributed by atoms with Gasteiger partial charge in [0.25, 0.3) is 0 Å². The predicted molar refractivity (Wildman–Crippen MR) is 68.0 cm³/mol. The minimum absolute atomic E-state index is 0.321. The molecule has 1 aromatic carbocycles. The lowest BCUT2D eigenvalue weighted by Gasteiger charge is -2.07. The van der Waals surface area contributed by atoms with E-state index in [-0.39, 0.29) is 0 Å². The molecule has 0 bridgehead atoms. The van der Waals surface area contributed by atoms with Gasteiger partial charge in [-0.3, -0.25) is 4.68 Å². The van der Waals surface area contributed by atoms with Gasteiger partial charge in [0.05, 0.1) is 11.4 Å². The number of nitrogens with one attached hydrogen (secondary N) is 1. The van der Waals surface area contributed by atoms with Gasteiger partial charge in [-0.2, -0.15) is 5.10 Å². The smallest absolute Gasteiger partial charge is 0.120 e. The summed E-state index contributed by atoms with van der Waals surface area (Å²) >= 11 is 0. The standard InChI is InChI=1S/C13H17N3O/c1-3-11-12(9-16(2)15-11)14-8-10-6-4-5-7-13(10)17/h4-7,9,14,17H,3,8H2,1-2H3. The van der Waals surface area contributed by atoms with Crippen molar-refractivity contribution in [2.75, 3.05) is 5.32 Å². The van der Waals surface area contributed by atoms with Crippen LogP contribution < -0.4 is 5.32 Å². The third kappa shape index (κ3) is 2.58. The van der Waals surface area contributed by atoms with Crippen molar-refractivity contribution in [3.63, 3.8) is 0 Å². The van der Waals surface area contributed by atoms with E-state index in [1.165, 1.54) is 0 Å². The summed E-state index contributed by atoms with van der Waals surface area (Å²) in [6.45, 7) is 2.68. The van der Waals surface area contributed by atoms with Crippen LogP contribution in [0.4, 0.5) is 5.69 Å². The van der Waals surface area contributed by atoms with Gasteiger partial charge in [-0.15, -0.1) is 0 Å². The fourth-order valence-corrected chi connectivity index (χ4v) is 1.79. The Morgan fingerprint density at radius 3 is 2.82 bits per heavy atom. The number of benzene rings is 1. The van der Waals surface area contributed by atoms with Crippen LogP contribution >= 0.6 is 0 Å². The Kier molecular flexibility index (Phi) is 3.32. The molecule has 0 saturated carbocycles. The maximum Gasteiger partial charge on any atom is 0.120 e. The molecule has 2 aromatic rings. The predicted octanol–water partition coefficient (Wildman–Crippen LogP) is 2.30. The maximum absolute atomic E-state index is 9.66. The number of nitrogens with zero attached hydrogens (tertiary/aromatic N) is 2. The van der Waals surface area contributed by atoms with Crippen LogP contribution in [0.5, 0.6) is 5.75 Å². The highest BCUT2D eigenvalue weighted by Gasteiger charge is 2.06. The molecule has 0 aliphatic rings. The molecular weight excluding hydrogens is 214 g/mol. The van der Waals surface area contributed by atoms with Crippen LogP contribution in [0.3, 0.4) is 0 Å². The van der Waals surface area contributed by atoms with E-state index in [1.807, 2.05) is 31.4 Å². The summed E-state index contributed by atoms with van der Waals surface area (Å²) < 4.78 is 1.80. The molecule has 2 rings (SSSR count). The van der Waals surface area contributed by atoms with E-state index < -0.39 is 0 Å². The highest BCUT2D eigenvalue weighted by Crippen LogP contribution is 2.19. The number of phenols is 1. The zero-order chi connectivity index (χ0) is 12.3. The van der Waals surface area contributed by atoms with Crippen LogP contribution in [0.15, 0.2) is 30.5 Å². The number of para-hydroxylation sites is 1. The Hall–Kier alpha value is -1.97. The van der Waals surface area contributed by atoms with Gasteiger partial charge in [0, 0.05) is 25.4 Å².